The van der Waals surface area contributed by atoms with Crippen LogP contribution in [0.25, 0.3) is 0 Å². The number of nitrogens with zero attached hydrogens (tertiary/aromatic N) is 2. The molecule has 1 N–H and O–H groups in total. The van der Waals surface area contributed by atoms with Crippen LogP contribution in [0.4, 0.5) is 4.79 Å². The average Bonchev–Trinajstić information content (AvgIpc) is 2.35. The molecule has 5 nitrogen and oxygen atoms in total. The third-order valence-electron chi connectivity index (χ3n) is 3.93. The third kappa shape index (κ3) is 3.60. The van der Waals surface area contributed by atoms with E-state index in [1.807, 2.05) is 25.7 Å². The molecule has 2 aliphatic heterocycles. The van der Waals surface area contributed by atoms with Gasteiger partial charge in [-0.05, 0) is 33.6 Å². The molecule has 2 fully saturated rings. The summed E-state index contributed by atoms with van der Waals surface area (Å²) in [6, 6.07) is 0.659. The van der Waals surface area contributed by atoms with Crippen LogP contribution < -0.4 is 0 Å². The van der Waals surface area contributed by atoms with Gasteiger partial charge in [0.05, 0.1) is 6.61 Å². The number of hydrogen-bond donors (Lipinski definition) is 1. The summed E-state index contributed by atoms with van der Waals surface area (Å²) in [6.07, 6.45) is 3.10. The van der Waals surface area contributed by atoms with E-state index in [1.165, 1.54) is 0 Å². The van der Waals surface area contributed by atoms with Crippen LogP contribution in [0.5, 0.6) is 0 Å². The van der Waals surface area contributed by atoms with Crippen molar-refractivity contribution in [3.8, 4) is 0 Å². The zero-order valence-electron chi connectivity index (χ0n) is 12.3. The molecule has 0 aromatic heterocycles. The number of amides is 1. The van der Waals surface area contributed by atoms with Crippen molar-refractivity contribution in [3.05, 3.63) is 0 Å². The number of aliphatic hydroxyl groups is 1. The second-order valence-corrected chi connectivity index (χ2v) is 6.59. The van der Waals surface area contributed by atoms with Crippen molar-refractivity contribution in [1.82, 2.24) is 9.80 Å². The van der Waals surface area contributed by atoms with Gasteiger partial charge in [0, 0.05) is 31.7 Å². The third-order valence-corrected chi connectivity index (χ3v) is 3.93. The predicted octanol–water partition coefficient (Wildman–Crippen LogP) is 1.45. The Morgan fingerprint density at radius 2 is 2.05 bits per heavy atom. The molecule has 2 heterocycles. The molecule has 0 radical (unpaired) electrons. The quantitative estimate of drug-likeness (QED) is 0.783. The molecule has 2 atom stereocenters. The Bertz CT molecular complexity index is 327. The van der Waals surface area contributed by atoms with Gasteiger partial charge in [-0.15, -0.1) is 0 Å². The van der Waals surface area contributed by atoms with Gasteiger partial charge in [0.15, 0.2) is 0 Å². The van der Waals surface area contributed by atoms with Gasteiger partial charge in [0.1, 0.15) is 5.60 Å². The van der Waals surface area contributed by atoms with Crippen LogP contribution in [0.2, 0.25) is 0 Å². The number of aliphatic hydroxyl groups excluding tert-OH is 1. The highest BCUT2D eigenvalue weighted by Crippen LogP contribution is 2.26. The molecule has 2 rings (SSSR count). The lowest BCUT2D eigenvalue weighted by molar-refractivity contribution is -0.0264. The lowest BCUT2D eigenvalue weighted by Gasteiger charge is -2.47. The van der Waals surface area contributed by atoms with E-state index in [0.717, 1.165) is 32.4 Å². The molecule has 0 saturated carbocycles. The van der Waals surface area contributed by atoms with Crippen LogP contribution in [-0.4, -0.2) is 64.9 Å². The first-order valence-corrected chi connectivity index (χ1v) is 7.25. The number of piperidine rings is 1. The lowest BCUT2D eigenvalue weighted by Crippen LogP contribution is -2.60. The van der Waals surface area contributed by atoms with Crippen molar-refractivity contribution in [2.24, 2.45) is 0 Å². The molecule has 0 spiro atoms. The van der Waals surface area contributed by atoms with E-state index in [1.54, 1.807) is 0 Å². The number of ether oxygens (including phenoxy) is 1. The summed E-state index contributed by atoms with van der Waals surface area (Å²) in [5.41, 5.74) is -0.436. The molecule has 0 bridgehead atoms. The zero-order valence-corrected chi connectivity index (χ0v) is 12.3. The Morgan fingerprint density at radius 1 is 1.32 bits per heavy atom. The Labute approximate surface area is 115 Å². The Balaban J connectivity index is 1.93. The summed E-state index contributed by atoms with van der Waals surface area (Å²) in [5.74, 6) is 0. The summed E-state index contributed by atoms with van der Waals surface area (Å²) < 4.78 is 5.43. The van der Waals surface area contributed by atoms with Gasteiger partial charge in [0.2, 0.25) is 0 Å². The number of hydrogen-bond acceptors (Lipinski definition) is 4. The van der Waals surface area contributed by atoms with E-state index in [9.17, 15) is 9.90 Å². The molecule has 2 saturated heterocycles. The maximum absolute atomic E-state index is 12.1. The first kappa shape index (κ1) is 14.6. The van der Waals surface area contributed by atoms with Crippen molar-refractivity contribution in [3.63, 3.8) is 0 Å². The van der Waals surface area contributed by atoms with Gasteiger partial charge in [0.25, 0.3) is 0 Å². The highest BCUT2D eigenvalue weighted by Gasteiger charge is 2.36. The van der Waals surface area contributed by atoms with E-state index in [0.29, 0.717) is 12.6 Å². The SMILES string of the molecule is CC(C)(C)OC(=O)N1CCN2C(CO)CCC[C@H]2C1. The fourth-order valence-corrected chi connectivity index (χ4v) is 3.05. The second-order valence-electron chi connectivity index (χ2n) is 6.59. The molecule has 1 amide bonds. The maximum Gasteiger partial charge on any atom is 0.410 e. The molecule has 2 aliphatic rings. The summed E-state index contributed by atoms with van der Waals surface area (Å²) in [7, 11) is 0. The summed E-state index contributed by atoms with van der Waals surface area (Å²) in [5, 5.41) is 9.41. The minimum Gasteiger partial charge on any atom is -0.444 e. The molecule has 19 heavy (non-hydrogen) atoms. The maximum atomic E-state index is 12.1. The first-order valence-electron chi connectivity index (χ1n) is 7.25. The van der Waals surface area contributed by atoms with Gasteiger partial charge < -0.3 is 14.7 Å². The molecule has 0 aromatic rings. The first-order chi connectivity index (χ1) is 8.90. The fraction of sp³-hybridized carbons (Fsp3) is 0.929. The van der Waals surface area contributed by atoms with Crippen LogP contribution in [0.15, 0.2) is 0 Å². The Morgan fingerprint density at radius 3 is 2.68 bits per heavy atom. The van der Waals surface area contributed by atoms with E-state index in [4.69, 9.17) is 4.74 Å². The molecular formula is C14H26N2O3. The standard InChI is InChI=1S/C14H26N2O3/c1-14(2,3)19-13(18)15-7-8-16-11(9-15)5-4-6-12(16)10-17/h11-12,17H,4-10H2,1-3H3/t11-,12?/m0/s1. The largest absolute Gasteiger partial charge is 0.444 e. The lowest BCUT2D eigenvalue weighted by atomic mass is 9.94. The van der Waals surface area contributed by atoms with Gasteiger partial charge >= 0.3 is 6.09 Å². The minimum absolute atomic E-state index is 0.210. The smallest absolute Gasteiger partial charge is 0.410 e. The van der Waals surface area contributed by atoms with Gasteiger partial charge in [-0.25, -0.2) is 4.79 Å². The Kier molecular flexibility index (Phi) is 4.36. The van der Waals surface area contributed by atoms with Crippen LogP contribution in [-0.2, 0) is 4.74 Å². The predicted molar refractivity (Wildman–Crippen MR) is 73.0 cm³/mol. The highest BCUT2D eigenvalue weighted by atomic mass is 16.6. The number of rotatable bonds is 1. The van der Waals surface area contributed by atoms with Crippen molar-refractivity contribution in [2.45, 2.75) is 57.7 Å². The normalized spacial score (nSPS) is 28.9. The van der Waals surface area contributed by atoms with Crippen molar-refractivity contribution >= 4 is 6.09 Å². The summed E-state index contributed by atoms with van der Waals surface area (Å²) in [4.78, 5) is 16.3. The van der Waals surface area contributed by atoms with E-state index >= 15 is 0 Å². The van der Waals surface area contributed by atoms with Crippen LogP contribution in [0, 0.1) is 0 Å². The van der Waals surface area contributed by atoms with Gasteiger partial charge in [-0.3, -0.25) is 4.90 Å². The zero-order chi connectivity index (χ0) is 14.0. The van der Waals surface area contributed by atoms with Gasteiger partial charge in [-0.1, -0.05) is 6.42 Å². The number of fused-ring (bicyclic) bond motifs is 1. The minimum atomic E-state index is -0.436. The highest BCUT2D eigenvalue weighted by molar-refractivity contribution is 5.68. The number of carbonyl (C=O) groups excluding carboxylic acids is 1. The Hall–Kier alpha value is -0.810. The van der Waals surface area contributed by atoms with Crippen molar-refractivity contribution in [1.29, 1.82) is 0 Å². The van der Waals surface area contributed by atoms with E-state index < -0.39 is 5.60 Å². The fourth-order valence-electron chi connectivity index (χ4n) is 3.05. The monoisotopic (exact) mass is 270 g/mol. The molecular weight excluding hydrogens is 244 g/mol. The van der Waals surface area contributed by atoms with Crippen LogP contribution in [0.3, 0.4) is 0 Å². The molecule has 5 heteroatoms. The second kappa shape index (κ2) is 5.67. The van der Waals surface area contributed by atoms with Crippen LogP contribution in [0.1, 0.15) is 40.0 Å². The van der Waals surface area contributed by atoms with Crippen LogP contribution >= 0.6 is 0 Å². The van der Waals surface area contributed by atoms with Crippen molar-refractivity contribution in [2.75, 3.05) is 26.2 Å². The van der Waals surface area contributed by atoms with Gasteiger partial charge in [-0.2, -0.15) is 0 Å². The summed E-state index contributed by atoms with van der Waals surface area (Å²) in [6.45, 7) is 8.17. The number of carbonyl (C=O) groups is 1. The summed E-state index contributed by atoms with van der Waals surface area (Å²) >= 11 is 0. The van der Waals surface area contributed by atoms with Crippen molar-refractivity contribution < 1.29 is 14.6 Å². The number of piperazine rings is 1. The molecule has 0 aliphatic carbocycles. The topological polar surface area (TPSA) is 53.0 Å². The van der Waals surface area contributed by atoms with E-state index in [2.05, 4.69) is 4.90 Å². The van der Waals surface area contributed by atoms with E-state index in [-0.39, 0.29) is 18.7 Å². The molecule has 1 unspecified atom stereocenters. The molecule has 110 valence electrons. The average molecular weight is 270 g/mol. The molecule has 0 aromatic carbocycles.